The monoisotopic (exact) mass is 760 g/mol. The number of likely N-dealkylation sites (tertiary alicyclic amines) is 1. The molecule has 57 heavy (non-hydrogen) atoms. The summed E-state index contributed by atoms with van der Waals surface area (Å²) in [6, 6.07) is 27.6. The quantitative estimate of drug-likeness (QED) is 0.202. The number of phenolic OH excluding ortho intramolecular Hbond substituents is 1. The highest BCUT2D eigenvalue weighted by atomic mass is 16.5. The molecule has 4 amide bonds. The van der Waals surface area contributed by atoms with Gasteiger partial charge in [-0.2, -0.15) is 0 Å². The molecule has 0 spiro atoms. The Kier molecular flexibility index (Phi) is 8.58. The van der Waals surface area contributed by atoms with Gasteiger partial charge in [0.1, 0.15) is 23.6 Å². The van der Waals surface area contributed by atoms with E-state index < -0.39 is 29.7 Å². The fourth-order valence-corrected chi connectivity index (χ4v) is 9.31. The van der Waals surface area contributed by atoms with Gasteiger partial charge in [-0.25, -0.2) is 9.97 Å². The third kappa shape index (κ3) is 6.39. The van der Waals surface area contributed by atoms with Crippen molar-refractivity contribution in [1.82, 2.24) is 25.1 Å². The van der Waals surface area contributed by atoms with E-state index in [0.717, 1.165) is 53.3 Å². The van der Waals surface area contributed by atoms with Gasteiger partial charge < -0.3 is 14.7 Å². The fourth-order valence-electron chi connectivity index (χ4n) is 9.31. The number of ether oxygens (including phenoxy) is 1. The second kappa shape index (κ2) is 14.0. The molecule has 286 valence electrons. The molecule has 4 aromatic carbocycles. The normalized spacial score (nSPS) is 21.9. The van der Waals surface area contributed by atoms with E-state index in [1.165, 1.54) is 22.3 Å². The van der Waals surface area contributed by atoms with Crippen molar-refractivity contribution in [3.05, 3.63) is 147 Å². The molecule has 4 aliphatic heterocycles. The average molecular weight is 761 g/mol. The summed E-state index contributed by atoms with van der Waals surface area (Å²) < 4.78 is 6.37. The van der Waals surface area contributed by atoms with E-state index >= 15 is 0 Å². The molecular formula is C45H40N6O6. The van der Waals surface area contributed by atoms with Gasteiger partial charge in [0, 0.05) is 63.0 Å². The van der Waals surface area contributed by atoms with Gasteiger partial charge in [-0.3, -0.25) is 34.3 Å². The maximum absolute atomic E-state index is 13.3. The molecule has 10 rings (SSSR count). The zero-order chi connectivity index (χ0) is 38.8. The van der Waals surface area contributed by atoms with E-state index in [9.17, 15) is 24.3 Å². The number of benzene rings is 4. The Morgan fingerprint density at radius 2 is 1.46 bits per heavy atom. The van der Waals surface area contributed by atoms with Crippen molar-refractivity contribution in [2.45, 2.75) is 69.3 Å². The molecule has 2 N–H and O–H groups in total. The van der Waals surface area contributed by atoms with Gasteiger partial charge in [0.05, 0.1) is 11.1 Å². The number of rotatable bonds is 8. The highest BCUT2D eigenvalue weighted by Gasteiger charge is 2.45. The number of aryl methyl sites for hydroxylation is 1. The first-order valence-corrected chi connectivity index (χ1v) is 19.5. The molecular weight excluding hydrogens is 721 g/mol. The van der Waals surface area contributed by atoms with Crippen molar-refractivity contribution < 1.29 is 29.0 Å². The lowest BCUT2D eigenvalue weighted by Gasteiger charge is -2.39. The lowest BCUT2D eigenvalue weighted by molar-refractivity contribution is -0.136. The maximum atomic E-state index is 13.3. The Labute approximate surface area is 329 Å². The number of amides is 4. The summed E-state index contributed by atoms with van der Waals surface area (Å²) in [5.41, 5.74) is 8.44. The summed E-state index contributed by atoms with van der Waals surface area (Å²) in [5, 5.41) is 12.4. The van der Waals surface area contributed by atoms with Crippen LogP contribution in [0.1, 0.15) is 90.8 Å². The molecule has 12 nitrogen and oxygen atoms in total. The molecule has 12 heteroatoms. The van der Waals surface area contributed by atoms with Gasteiger partial charge in [-0.1, -0.05) is 48.5 Å². The van der Waals surface area contributed by atoms with Crippen LogP contribution >= 0.6 is 0 Å². The largest absolute Gasteiger partial charge is 0.508 e. The van der Waals surface area contributed by atoms with E-state index in [-0.39, 0.29) is 36.0 Å². The van der Waals surface area contributed by atoms with Crippen LogP contribution in [-0.4, -0.2) is 73.7 Å². The molecule has 0 saturated carbocycles. The number of aromatic hydroxyl groups is 1. The summed E-state index contributed by atoms with van der Waals surface area (Å²) in [5.74, 6) is 0.236. The van der Waals surface area contributed by atoms with Crippen molar-refractivity contribution in [1.29, 1.82) is 0 Å². The van der Waals surface area contributed by atoms with Crippen molar-refractivity contribution in [3.8, 4) is 11.5 Å². The fraction of sp³-hybridized carbons (Fsp3) is 0.289. The SMILES string of the molecule is O=C1CCC(N2C(=O)c3cc4c(cc3C2=O)CN(c2ncc(CN3CC(Oc5ccc([C@@H]6c7ccc(O)cc7CC[C@@H]6c6ccccc6)cc5)C3)cn2)C4)C(=O)N1. The number of nitrogens with one attached hydrogen (secondary N) is 1. The van der Waals surface area contributed by atoms with E-state index in [1.807, 2.05) is 23.4 Å². The molecule has 2 fully saturated rings. The Morgan fingerprint density at radius 1 is 0.754 bits per heavy atom. The summed E-state index contributed by atoms with van der Waals surface area (Å²) in [6.07, 6.45) is 5.94. The number of piperidine rings is 1. The van der Waals surface area contributed by atoms with Crippen LogP contribution in [0, 0.1) is 0 Å². The van der Waals surface area contributed by atoms with Crippen molar-refractivity contribution in [3.63, 3.8) is 0 Å². The van der Waals surface area contributed by atoms with Gasteiger partial charge in [0.25, 0.3) is 11.8 Å². The van der Waals surface area contributed by atoms with Crippen molar-refractivity contribution >= 4 is 29.6 Å². The topological polar surface area (TPSA) is 145 Å². The Morgan fingerprint density at radius 3 is 2.14 bits per heavy atom. The van der Waals surface area contributed by atoms with Crippen LogP contribution in [-0.2, 0) is 35.6 Å². The number of hydrogen-bond acceptors (Lipinski definition) is 10. The van der Waals surface area contributed by atoms with Crippen LogP contribution in [0.3, 0.4) is 0 Å². The zero-order valence-electron chi connectivity index (χ0n) is 31.1. The first-order chi connectivity index (χ1) is 27.8. The third-order valence-corrected chi connectivity index (χ3v) is 12.1. The lowest BCUT2D eigenvalue weighted by Crippen LogP contribution is -2.54. The molecule has 5 aromatic rings. The number of phenols is 1. The number of imide groups is 2. The number of hydrogen-bond donors (Lipinski definition) is 2. The molecule has 3 atom stereocenters. The zero-order valence-corrected chi connectivity index (χ0v) is 31.1. The van der Waals surface area contributed by atoms with Crippen molar-refractivity contribution in [2.24, 2.45) is 0 Å². The van der Waals surface area contributed by atoms with Crippen LogP contribution in [0.15, 0.2) is 97.3 Å². The van der Waals surface area contributed by atoms with Crippen LogP contribution in [0.2, 0.25) is 0 Å². The van der Waals surface area contributed by atoms with E-state index in [4.69, 9.17) is 4.74 Å². The standard InChI is InChI=1S/C45H40N6O6/c52-32-9-13-36-29(16-32)8-12-35(27-4-2-1-3-5-27)41(36)28-6-10-33(11-7-28)57-34-24-49(25-34)21-26-19-46-45(47-20-26)50-22-30-17-37-38(18-31(30)23-50)44(56)51(43(37)55)39-14-15-40(53)48-42(39)54/h1-7,9-11,13,16-20,34-35,39,41,52H,8,12,14-15,21-25H2,(H,48,53,54)/t35-,39?,41+/m1/s1. The molecule has 1 aliphatic carbocycles. The van der Waals surface area contributed by atoms with E-state index in [0.29, 0.717) is 37.3 Å². The number of nitrogens with zero attached hydrogens (tertiary/aromatic N) is 5. The van der Waals surface area contributed by atoms with Crippen molar-refractivity contribution in [2.75, 3.05) is 18.0 Å². The molecule has 2 saturated heterocycles. The number of carbonyl (C=O) groups is 4. The van der Waals surface area contributed by atoms with Gasteiger partial charge in [-0.15, -0.1) is 0 Å². The second-order valence-electron chi connectivity index (χ2n) is 15.8. The van der Waals surface area contributed by atoms with Crippen LogP contribution in [0.5, 0.6) is 11.5 Å². The highest BCUT2D eigenvalue weighted by molar-refractivity contribution is 6.23. The average Bonchev–Trinajstić information content (AvgIpc) is 3.73. The van der Waals surface area contributed by atoms with E-state index in [1.54, 1.807) is 18.2 Å². The first kappa shape index (κ1) is 35.0. The Balaban J connectivity index is 0.739. The molecule has 5 aliphatic rings. The van der Waals surface area contributed by atoms with Gasteiger partial charge in [0.15, 0.2) is 0 Å². The summed E-state index contributed by atoms with van der Waals surface area (Å²) in [4.78, 5) is 65.3. The maximum Gasteiger partial charge on any atom is 0.262 e. The first-order valence-electron chi connectivity index (χ1n) is 19.5. The van der Waals surface area contributed by atoms with Gasteiger partial charge in [0.2, 0.25) is 17.8 Å². The van der Waals surface area contributed by atoms with Crippen LogP contribution in [0.4, 0.5) is 5.95 Å². The summed E-state index contributed by atoms with van der Waals surface area (Å²) >= 11 is 0. The van der Waals surface area contributed by atoms with E-state index in [2.05, 4.69) is 80.8 Å². The molecule has 0 bridgehead atoms. The predicted octanol–water partition coefficient (Wildman–Crippen LogP) is 5.23. The Bertz CT molecular complexity index is 2390. The second-order valence-corrected chi connectivity index (χ2v) is 15.8. The number of aromatic nitrogens is 2. The molecule has 0 radical (unpaired) electrons. The molecule has 1 aromatic heterocycles. The number of anilines is 1. The highest BCUT2D eigenvalue weighted by Crippen LogP contribution is 2.47. The predicted molar refractivity (Wildman–Crippen MR) is 209 cm³/mol. The van der Waals surface area contributed by atoms with Gasteiger partial charge in [-0.05, 0) is 95.0 Å². The smallest absolute Gasteiger partial charge is 0.262 e. The Hall–Kier alpha value is -6.40. The number of fused-ring (bicyclic) bond motifs is 3. The third-order valence-electron chi connectivity index (χ3n) is 12.1. The minimum absolute atomic E-state index is 0.0821. The lowest BCUT2D eigenvalue weighted by atomic mass is 9.69. The molecule has 1 unspecified atom stereocenters. The molecule has 5 heterocycles. The van der Waals surface area contributed by atoms with Crippen LogP contribution in [0.25, 0.3) is 0 Å². The minimum atomic E-state index is -0.987. The van der Waals surface area contributed by atoms with Gasteiger partial charge >= 0.3 is 0 Å². The number of carbonyl (C=O) groups excluding carboxylic acids is 4. The summed E-state index contributed by atoms with van der Waals surface area (Å²) in [6.45, 7) is 3.27. The summed E-state index contributed by atoms with van der Waals surface area (Å²) in [7, 11) is 0. The minimum Gasteiger partial charge on any atom is -0.508 e. The van der Waals surface area contributed by atoms with Crippen LogP contribution < -0.4 is 15.0 Å².